The lowest BCUT2D eigenvalue weighted by Gasteiger charge is -2.24. The van der Waals surface area contributed by atoms with Crippen LogP contribution in [0.15, 0.2) is 134 Å². The molecule has 0 atom stereocenters. The van der Waals surface area contributed by atoms with Gasteiger partial charge in [0.15, 0.2) is 6.61 Å². The average molecular weight is 1010 g/mol. The molecule has 1 saturated carbocycles. The predicted octanol–water partition coefficient (Wildman–Crippen LogP) is 13.4. The molecule has 0 radical (unpaired) electrons. The molecule has 2 amide bonds. The zero-order valence-electron chi connectivity index (χ0n) is 43.7. The molecule has 0 saturated heterocycles. The molecule has 1 heterocycles. The lowest BCUT2D eigenvalue weighted by atomic mass is 10.0. The fourth-order valence-corrected chi connectivity index (χ4v) is 8.93. The van der Waals surface area contributed by atoms with Gasteiger partial charge in [0.25, 0.3) is 5.91 Å². The maximum atomic E-state index is 13.3. The molecule has 0 spiro atoms. The molecule has 3 N–H and O–H groups in total. The first-order valence-electron chi connectivity index (χ1n) is 26.7. The van der Waals surface area contributed by atoms with Crippen molar-refractivity contribution < 1.29 is 34.1 Å². The second-order valence-electron chi connectivity index (χ2n) is 19.3. The normalized spacial score (nSPS) is 11.8. The minimum absolute atomic E-state index is 0.0484. The number of hydrogen-bond donors (Lipinski definition) is 3. The second-order valence-corrected chi connectivity index (χ2v) is 19.3. The van der Waals surface area contributed by atoms with Crippen LogP contribution in [0.5, 0.6) is 5.75 Å². The largest absolute Gasteiger partial charge is 0.482 e. The fourth-order valence-electron chi connectivity index (χ4n) is 8.93. The highest BCUT2D eigenvalue weighted by molar-refractivity contribution is 5.96. The van der Waals surface area contributed by atoms with Gasteiger partial charge in [-0.2, -0.15) is 5.10 Å². The molecular formula is C64H72N4O7. The third-order valence-electron chi connectivity index (χ3n) is 13.3. The number of unbranched alkanes of at least 4 members (excludes halogenated alkanes) is 7. The van der Waals surface area contributed by atoms with E-state index in [1.165, 1.54) is 82.4 Å². The third kappa shape index (κ3) is 19.8. The summed E-state index contributed by atoms with van der Waals surface area (Å²) in [6, 6.07) is 38.1. The van der Waals surface area contributed by atoms with Crippen LogP contribution < -0.4 is 9.64 Å². The number of aryl methyl sites for hydroxylation is 1. The molecule has 390 valence electrons. The summed E-state index contributed by atoms with van der Waals surface area (Å²) in [5, 5.41) is 24.8. The highest BCUT2D eigenvalue weighted by Crippen LogP contribution is 2.30. The van der Waals surface area contributed by atoms with Crippen LogP contribution in [0, 0.1) is 29.6 Å². The quantitative estimate of drug-likeness (QED) is 0.0400. The number of nitrogens with one attached hydrogen (secondary N) is 1. The van der Waals surface area contributed by atoms with Crippen LogP contribution >= 0.6 is 0 Å². The van der Waals surface area contributed by atoms with E-state index in [0.717, 1.165) is 59.1 Å². The number of aliphatic carboxylic acids is 1. The Morgan fingerprint density at radius 1 is 0.653 bits per heavy atom. The van der Waals surface area contributed by atoms with Crippen molar-refractivity contribution in [1.82, 2.24) is 15.1 Å². The van der Waals surface area contributed by atoms with Gasteiger partial charge in [0.1, 0.15) is 5.75 Å². The summed E-state index contributed by atoms with van der Waals surface area (Å²) in [5.41, 5.74) is 8.36. The number of ether oxygens (including phenoxy) is 1. The molecule has 1 aliphatic rings. The number of carboxylic acid groups (broad SMARTS) is 2. The van der Waals surface area contributed by atoms with Crippen LogP contribution in [0.3, 0.4) is 0 Å². The summed E-state index contributed by atoms with van der Waals surface area (Å²) < 4.78 is 5.20. The first-order chi connectivity index (χ1) is 36.6. The molecule has 0 unspecified atom stereocenters. The van der Waals surface area contributed by atoms with Gasteiger partial charge in [0.2, 0.25) is 5.91 Å². The Balaban J connectivity index is 0.000000245. The molecule has 0 bridgehead atoms. The Bertz CT molecular complexity index is 2830. The van der Waals surface area contributed by atoms with Crippen LogP contribution in [0.1, 0.15) is 170 Å². The maximum Gasteiger partial charge on any atom is 0.341 e. The number of aromatic carboxylic acids is 1. The molecule has 11 heteroatoms. The summed E-state index contributed by atoms with van der Waals surface area (Å²) in [5.74, 6) is 12.0. The number of nitrogens with zero attached hydrogens (tertiary/aromatic N) is 3. The molecule has 6 aromatic rings. The van der Waals surface area contributed by atoms with Crippen molar-refractivity contribution in [3.05, 3.63) is 184 Å². The van der Waals surface area contributed by atoms with Gasteiger partial charge in [0, 0.05) is 54.5 Å². The van der Waals surface area contributed by atoms with E-state index >= 15 is 0 Å². The molecule has 1 aromatic heterocycles. The van der Waals surface area contributed by atoms with Crippen LogP contribution in [0.25, 0.3) is 0 Å². The van der Waals surface area contributed by atoms with Gasteiger partial charge in [-0.3, -0.25) is 14.7 Å². The number of anilines is 1. The van der Waals surface area contributed by atoms with Crippen LogP contribution in [0.2, 0.25) is 0 Å². The Morgan fingerprint density at radius 3 is 1.81 bits per heavy atom. The van der Waals surface area contributed by atoms with Crippen LogP contribution in [0.4, 0.5) is 5.69 Å². The number of aromatic amines is 1. The Morgan fingerprint density at radius 2 is 1.23 bits per heavy atom. The van der Waals surface area contributed by atoms with E-state index in [9.17, 15) is 24.3 Å². The van der Waals surface area contributed by atoms with Crippen molar-refractivity contribution in [1.29, 1.82) is 0 Å². The van der Waals surface area contributed by atoms with Gasteiger partial charge in [-0.05, 0) is 121 Å². The molecule has 0 aliphatic heterocycles. The van der Waals surface area contributed by atoms with Gasteiger partial charge >= 0.3 is 11.9 Å². The molecule has 5 aromatic carbocycles. The van der Waals surface area contributed by atoms with Crippen molar-refractivity contribution in [3.8, 4) is 29.4 Å². The number of carbonyl (C=O) groups excluding carboxylic acids is 2. The summed E-state index contributed by atoms with van der Waals surface area (Å²) in [7, 11) is 0. The highest BCUT2D eigenvalue weighted by atomic mass is 16.5. The molecule has 11 nitrogen and oxygen atoms in total. The van der Waals surface area contributed by atoms with E-state index in [2.05, 4.69) is 72.0 Å². The molecule has 1 fully saturated rings. The first kappa shape index (κ1) is 56.4. The molecule has 1 aliphatic carbocycles. The lowest BCUT2D eigenvalue weighted by Crippen LogP contribution is -2.30. The molecule has 7 rings (SSSR count). The summed E-state index contributed by atoms with van der Waals surface area (Å²) in [6.07, 6.45) is 21.5. The topological polar surface area (TPSA) is 153 Å². The highest BCUT2D eigenvalue weighted by Gasteiger charge is 2.22. The van der Waals surface area contributed by atoms with Crippen molar-refractivity contribution in [2.75, 3.05) is 11.5 Å². The van der Waals surface area contributed by atoms with Crippen LogP contribution in [-0.4, -0.2) is 55.7 Å². The fraction of sp³-hybridized carbons (Fsp3) is 0.359. The van der Waals surface area contributed by atoms with Crippen molar-refractivity contribution in [2.24, 2.45) is 5.92 Å². The van der Waals surface area contributed by atoms with Crippen molar-refractivity contribution in [2.45, 2.75) is 136 Å². The van der Waals surface area contributed by atoms with Crippen molar-refractivity contribution >= 4 is 29.4 Å². The smallest absolute Gasteiger partial charge is 0.341 e. The monoisotopic (exact) mass is 1010 g/mol. The van der Waals surface area contributed by atoms with E-state index in [1.807, 2.05) is 66.7 Å². The predicted molar refractivity (Wildman–Crippen MR) is 296 cm³/mol. The standard InChI is InChI=1S/C32H31N3O4.C32H41NO3/c1-2-3-4-24-5-7-25(8-6-24)9-10-26-11-13-27(14-12-26)21-35(32(38)29-19-33-34-20-29)22-28-15-17-30(18-16-28)39-23-31(36)37;1-2-3-4-5-6-7-8-9-13-27-18-20-28(21-19-27)25-33(30-17-12-16-29(24-30)32(35)36)31(34)23-22-26-14-10-11-15-26/h5-8,11-20H,2-4,21-23H2,1H3,(H,33,34)(H,36,37);12,16-21,24,26H,2-8,10-11,14-15,22-23,25H2,1H3,(H,35,36). The van der Waals surface area contributed by atoms with E-state index in [4.69, 9.17) is 9.84 Å². The SMILES string of the molecule is CCCCCCCCC#Cc1ccc(CN(C(=O)CCC2CCCC2)c2cccc(C(=O)O)c2)cc1.CCCCc1ccc(C#Cc2ccc(CN(Cc3ccc(OCC(=O)O)cc3)C(=O)c3cn[nH]c3)cc2)cc1. The first-order valence-corrected chi connectivity index (χ1v) is 26.7. The zero-order valence-corrected chi connectivity index (χ0v) is 43.7. The summed E-state index contributed by atoms with van der Waals surface area (Å²) in [4.78, 5) is 52.2. The number of aromatic nitrogens is 2. The number of rotatable bonds is 24. The van der Waals surface area contributed by atoms with Gasteiger partial charge in [0.05, 0.1) is 23.9 Å². The third-order valence-corrected chi connectivity index (χ3v) is 13.3. The maximum absolute atomic E-state index is 13.3. The summed E-state index contributed by atoms with van der Waals surface area (Å²) in [6.45, 7) is 5.20. The van der Waals surface area contributed by atoms with Gasteiger partial charge in [-0.1, -0.05) is 156 Å². The Hall–Kier alpha value is -7.89. The van der Waals surface area contributed by atoms with E-state index in [0.29, 0.717) is 49.0 Å². The van der Waals surface area contributed by atoms with Gasteiger partial charge in [-0.15, -0.1) is 0 Å². The zero-order chi connectivity index (χ0) is 53.0. The number of carbonyl (C=O) groups is 4. The molecular weight excluding hydrogens is 937 g/mol. The number of H-pyrrole nitrogens is 1. The minimum atomic E-state index is -1.04. The van der Waals surface area contributed by atoms with Crippen LogP contribution in [-0.2, 0) is 35.6 Å². The minimum Gasteiger partial charge on any atom is -0.482 e. The average Bonchev–Trinajstić information content (AvgIpc) is 4.18. The van der Waals surface area contributed by atoms with Crippen molar-refractivity contribution in [3.63, 3.8) is 0 Å². The Labute approximate surface area is 443 Å². The van der Waals surface area contributed by atoms with E-state index in [1.54, 1.807) is 46.3 Å². The van der Waals surface area contributed by atoms with E-state index < -0.39 is 18.5 Å². The van der Waals surface area contributed by atoms with Gasteiger partial charge in [-0.25, -0.2) is 9.59 Å². The van der Waals surface area contributed by atoms with E-state index in [-0.39, 0.29) is 17.4 Å². The number of hydrogen-bond acceptors (Lipinski definition) is 6. The van der Waals surface area contributed by atoms with Gasteiger partial charge < -0.3 is 24.7 Å². The Kier molecular flexibility index (Phi) is 23.3. The summed E-state index contributed by atoms with van der Waals surface area (Å²) >= 11 is 0. The molecule has 75 heavy (non-hydrogen) atoms. The number of amides is 2. The number of carboxylic acids is 2. The second kappa shape index (κ2) is 31.0. The lowest BCUT2D eigenvalue weighted by molar-refractivity contribution is -0.139. The number of benzene rings is 5.